The van der Waals surface area contributed by atoms with Crippen LogP contribution in [0.5, 0.6) is 0 Å². The molecule has 2 aromatic heterocycles. The quantitative estimate of drug-likeness (QED) is 0.391. The van der Waals surface area contributed by atoms with E-state index in [2.05, 4.69) is 32.8 Å². The van der Waals surface area contributed by atoms with Crippen molar-refractivity contribution in [1.29, 1.82) is 0 Å². The summed E-state index contributed by atoms with van der Waals surface area (Å²) >= 11 is 1.22. The lowest BCUT2D eigenvalue weighted by Gasteiger charge is -2.30. The van der Waals surface area contributed by atoms with Gasteiger partial charge in [-0.3, -0.25) is 4.79 Å². The molecule has 1 saturated carbocycles. The number of aromatic nitrogens is 3. The number of alkyl halides is 3. The highest BCUT2D eigenvalue weighted by Crippen LogP contribution is 2.39. The predicted octanol–water partition coefficient (Wildman–Crippen LogP) is 5.28. The van der Waals surface area contributed by atoms with E-state index in [0.717, 1.165) is 56.3 Å². The molecule has 2 fully saturated rings. The first-order valence-electron chi connectivity index (χ1n) is 13.0. The van der Waals surface area contributed by atoms with Crippen LogP contribution in [0.3, 0.4) is 0 Å². The van der Waals surface area contributed by atoms with Crippen LogP contribution in [0.2, 0.25) is 0 Å². The Hall–Kier alpha value is -2.66. The van der Waals surface area contributed by atoms with E-state index in [0.29, 0.717) is 27.1 Å². The molecular weight excluding hydrogens is 501 g/mol. The van der Waals surface area contributed by atoms with Crippen LogP contribution >= 0.6 is 11.3 Å². The molecule has 1 aliphatic carbocycles. The number of rotatable bonds is 9. The van der Waals surface area contributed by atoms with Crippen molar-refractivity contribution in [3.8, 4) is 10.7 Å². The third kappa shape index (κ3) is 6.09. The monoisotopic (exact) mass is 534 g/mol. The molecule has 5 rings (SSSR count). The van der Waals surface area contributed by atoms with Gasteiger partial charge in [0, 0.05) is 23.0 Å². The number of fused-ring (bicyclic) bond motifs is 1. The first-order valence-corrected chi connectivity index (χ1v) is 13.8. The molecule has 37 heavy (non-hydrogen) atoms. The minimum absolute atomic E-state index is 0.0113. The van der Waals surface area contributed by atoms with Gasteiger partial charge in [-0.05, 0) is 76.4 Å². The summed E-state index contributed by atoms with van der Waals surface area (Å²) < 4.78 is 42.2. The zero-order chi connectivity index (χ0) is 26.2. The van der Waals surface area contributed by atoms with Crippen molar-refractivity contribution in [3.63, 3.8) is 0 Å². The summed E-state index contributed by atoms with van der Waals surface area (Å²) in [6.45, 7) is 3.09. The maximum Gasteiger partial charge on any atom is 0.406 e. The number of benzene rings is 1. The van der Waals surface area contributed by atoms with Crippen LogP contribution in [-0.4, -0.2) is 57.9 Å². The molecule has 1 atom stereocenters. The zero-order valence-corrected chi connectivity index (χ0v) is 22.0. The Morgan fingerprint density at radius 3 is 2.62 bits per heavy atom. The standard InChI is InChI=1S/C26H33F3N6OS/c1-3-18(16-7-8-16)24(36)30-14-23-32-33-25(37-23)22-13-19-20(31-17-9-11-34(2)12-10-17)5-4-6-21(19)35(22)15-26(27,28)29/h4-6,13,16-18,31H,3,7-12,14-15H2,1-2H3,(H,30,36). The fourth-order valence-electron chi connectivity index (χ4n) is 5.26. The van der Waals surface area contributed by atoms with Crippen LogP contribution in [0, 0.1) is 11.8 Å². The largest absolute Gasteiger partial charge is 0.406 e. The van der Waals surface area contributed by atoms with Crippen molar-refractivity contribution in [1.82, 2.24) is 25.0 Å². The Bertz CT molecular complexity index is 1240. The van der Waals surface area contributed by atoms with Crippen molar-refractivity contribution >= 4 is 33.8 Å². The predicted molar refractivity (Wildman–Crippen MR) is 139 cm³/mol. The van der Waals surface area contributed by atoms with E-state index in [1.807, 2.05) is 13.0 Å². The SMILES string of the molecule is CCC(C(=O)NCc1nnc(-c2cc3c(NC4CCN(C)CC4)cccc3n2CC(F)(F)F)s1)C1CC1. The van der Waals surface area contributed by atoms with Crippen LogP contribution in [0.25, 0.3) is 21.6 Å². The minimum atomic E-state index is -4.39. The van der Waals surface area contributed by atoms with Crippen molar-refractivity contribution in [3.05, 3.63) is 29.3 Å². The first kappa shape index (κ1) is 26.0. The lowest BCUT2D eigenvalue weighted by atomic mass is 10.00. The summed E-state index contributed by atoms with van der Waals surface area (Å²) in [6, 6.07) is 7.49. The number of nitrogens with one attached hydrogen (secondary N) is 2. The highest BCUT2D eigenvalue weighted by atomic mass is 32.1. The highest BCUT2D eigenvalue weighted by Gasteiger charge is 2.35. The second-order valence-corrected chi connectivity index (χ2v) is 11.3. The van der Waals surface area contributed by atoms with E-state index in [1.165, 1.54) is 15.9 Å². The Labute approximate surface area is 218 Å². The summed E-state index contributed by atoms with van der Waals surface area (Å²) in [7, 11) is 2.09. The lowest BCUT2D eigenvalue weighted by Crippen LogP contribution is -2.36. The zero-order valence-electron chi connectivity index (χ0n) is 21.1. The van der Waals surface area contributed by atoms with Crippen molar-refractivity contribution in [2.24, 2.45) is 11.8 Å². The summed E-state index contributed by atoms with van der Waals surface area (Å²) in [6.07, 6.45) is 0.545. The van der Waals surface area contributed by atoms with E-state index < -0.39 is 12.7 Å². The number of carbonyl (C=O) groups excluding carboxylic acids is 1. The van der Waals surface area contributed by atoms with E-state index in [9.17, 15) is 18.0 Å². The van der Waals surface area contributed by atoms with E-state index >= 15 is 0 Å². The number of hydrogen-bond acceptors (Lipinski definition) is 6. The molecule has 11 heteroatoms. The van der Waals surface area contributed by atoms with Gasteiger partial charge in [-0.2, -0.15) is 13.2 Å². The summed E-state index contributed by atoms with van der Waals surface area (Å²) in [5.74, 6) is 0.486. The highest BCUT2D eigenvalue weighted by molar-refractivity contribution is 7.14. The molecule has 0 spiro atoms. The van der Waals surface area contributed by atoms with Crippen molar-refractivity contribution in [2.75, 3.05) is 25.5 Å². The number of carbonyl (C=O) groups is 1. The molecule has 0 bridgehead atoms. The van der Waals surface area contributed by atoms with Gasteiger partial charge in [0.1, 0.15) is 11.6 Å². The van der Waals surface area contributed by atoms with Gasteiger partial charge in [-0.15, -0.1) is 10.2 Å². The Kier molecular flexibility index (Phi) is 7.44. The van der Waals surface area contributed by atoms with Crippen LogP contribution < -0.4 is 10.6 Å². The summed E-state index contributed by atoms with van der Waals surface area (Å²) in [5, 5.41) is 16.6. The number of anilines is 1. The fourth-order valence-corrected chi connectivity index (χ4v) is 6.07. The number of likely N-dealkylation sites (tertiary alicyclic amines) is 1. The van der Waals surface area contributed by atoms with E-state index in [-0.39, 0.29) is 24.4 Å². The number of piperidine rings is 1. The minimum Gasteiger partial charge on any atom is -0.382 e. The van der Waals surface area contributed by atoms with Crippen LogP contribution in [0.4, 0.5) is 18.9 Å². The topological polar surface area (TPSA) is 75.1 Å². The van der Waals surface area contributed by atoms with Crippen molar-refractivity contribution < 1.29 is 18.0 Å². The molecular formula is C26H33F3N6OS. The second kappa shape index (κ2) is 10.6. The van der Waals surface area contributed by atoms with Gasteiger partial charge in [0.2, 0.25) is 5.91 Å². The van der Waals surface area contributed by atoms with Crippen LogP contribution in [-0.2, 0) is 17.9 Å². The average Bonchev–Trinajstić information content (AvgIpc) is 3.46. The van der Waals surface area contributed by atoms with Gasteiger partial charge in [0.15, 0.2) is 5.01 Å². The Morgan fingerprint density at radius 1 is 1.19 bits per heavy atom. The van der Waals surface area contributed by atoms with Gasteiger partial charge in [-0.25, -0.2) is 0 Å². The van der Waals surface area contributed by atoms with E-state index in [4.69, 9.17) is 0 Å². The normalized spacial score (nSPS) is 18.3. The maximum atomic E-state index is 13.6. The number of amides is 1. The third-order valence-corrected chi connectivity index (χ3v) is 8.37. The smallest absolute Gasteiger partial charge is 0.382 e. The van der Waals surface area contributed by atoms with Crippen LogP contribution in [0.15, 0.2) is 24.3 Å². The summed E-state index contributed by atoms with van der Waals surface area (Å²) in [5.41, 5.74) is 1.71. The molecule has 3 aromatic rings. The second-order valence-electron chi connectivity index (χ2n) is 10.3. The van der Waals surface area contributed by atoms with Crippen molar-refractivity contribution in [2.45, 2.75) is 64.3 Å². The molecule has 3 heterocycles. The van der Waals surface area contributed by atoms with Gasteiger partial charge < -0.3 is 20.1 Å². The molecule has 2 N–H and O–H groups in total. The number of hydrogen-bond donors (Lipinski definition) is 2. The fraction of sp³-hybridized carbons (Fsp3) is 0.577. The molecule has 0 radical (unpaired) electrons. The Morgan fingerprint density at radius 2 is 1.95 bits per heavy atom. The molecule has 1 aliphatic heterocycles. The van der Waals surface area contributed by atoms with E-state index in [1.54, 1.807) is 18.2 Å². The van der Waals surface area contributed by atoms with Gasteiger partial charge in [0.05, 0.1) is 17.8 Å². The number of halogens is 3. The van der Waals surface area contributed by atoms with Gasteiger partial charge in [0.25, 0.3) is 0 Å². The average molecular weight is 535 g/mol. The first-order chi connectivity index (χ1) is 17.7. The van der Waals surface area contributed by atoms with Gasteiger partial charge in [-0.1, -0.05) is 24.3 Å². The lowest BCUT2D eigenvalue weighted by molar-refractivity contribution is -0.139. The molecule has 7 nitrogen and oxygen atoms in total. The van der Waals surface area contributed by atoms with Gasteiger partial charge >= 0.3 is 6.18 Å². The van der Waals surface area contributed by atoms with Crippen LogP contribution in [0.1, 0.15) is 44.0 Å². The molecule has 2 aliphatic rings. The molecule has 1 unspecified atom stereocenters. The number of nitrogens with zero attached hydrogens (tertiary/aromatic N) is 4. The maximum absolute atomic E-state index is 13.6. The Balaban J connectivity index is 1.40. The molecule has 1 saturated heterocycles. The molecule has 1 aromatic carbocycles. The molecule has 200 valence electrons. The summed E-state index contributed by atoms with van der Waals surface area (Å²) in [4.78, 5) is 14.8. The third-order valence-electron chi connectivity index (χ3n) is 7.43. The molecule has 1 amide bonds.